The van der Waals surface area contributed by atoms with Gasteiger partial charge in [-0.25, -0.2) is 9.59 Å². The predicted molar refractivity (Wildman–Crippen MR) is 87.6 cm³/mol. The molecule has 1 atom stereocenters. The largest absolute Gasteiger partial charge is 0.479 e. The van der Waals surface area contributed by atoms with Gasteiger partial charge in [0, 0.05) is 5.56 Å². The summed E-state index contributed by atoms with van der Waals surface area (Å²) in [6.45, 7) is 0.0439. The molecule has 0 bridgehead atoms. The third-order valence-electron chi connectivity index (χ3n) is 3.28. The van der Waals surface area contributed by atoms with Crippen molar-refractivity contribution in [3.63, 3.8) is 0 Å². The van der Waals surface area contributed by atoms with Crippen LogP contribution in [0.3, 0.4) is 0 Å². The zero-order chi connectivity index (χ0) is 17.5. The first-order chi connectivity index (χ1) is 11.5. The van der Waals surface area contributed by atoms with Gasteiger partial charge in [0.25, 0.3) is 0 Å². The number of nitrogens with one attached hydrogen (secondary N) is 2. The van der Waals surface area contributed by atoms with Crippen molar-refractivity contribution in [1.82, 2.24) is 5.32 Å². The summed E-state index contributed by atoms with van der Waals surface area (Å²) < 4.78 is 5.02. The lowest BCUT2D eigenvalue weighted by Gasteiger charge is -2.15. The number of ether oxygens (including phenoxy) is 1. The minimum atomic E-state index is -1.26. The lowest BCUT2D eigenvalue weighted by atomic mass is 10.0. The maximum absolute atomic E-state index is 11.8. The first-order valence-corrected chi connectivity index (χ1v) is 7.11. The van der Waals surface area contributed by atoms with Gasteiger partial charge in [-0.2, -0.15) is 0 Å². The van der Waals surface area contributed by atoms with Gasteiger partial charge < -0.3 is 20.9 Å². The Bertz CT molecular complexity index is 729. The van der Waals surface area contributed by atoms with Crippen molar-refractivity contribution in [2.75, 3.05) is 0 Å². The number of amidine groups is 1. The van der Waals surface area contributed by atoms with Gasteiger partial charge in [-0.3, -0.25) is 5.41 Å². The van der Waals surface area contributed by atoms with Gasteiger partial charge in [-0.15, -0.1) is 0 Å². The van der Waals surface area contributed by atoms with E-state index in [4.69, 9.17) is 15.9 Å². The standard InChI is InChI=1S/C17H17N3O4/c18-15(19)13-8-6-12(7-9-13)14(16(21)22)20-17(23)24-10-11-4-2-1-3-5-11/h1-9,14H,10H2,(H3,18,19)(H,20,23)(H,21,22). The number of nitrogens with two attached hydrogens (primary N) is 1. The Morgan fingerprint density at radius 3 is 2.29 bits per heavy atom. The molecule has 7 heteroatoms. The summed E-state index contributed by atoms with van der Waals surface area (Å²) >= 11 is 0. The van der Waals surface area contributed by atoms with E-state index in [9.17, 15) is 14.7 Å². The van der Waals surface area contributed by atoms with Crippen molar-refractivity contribution < 1.29 is 19.4 Å². The van der Waals surface area contributed by atoms with Crippen LogP contribution in [0.25, 0.3) is 0 Å². The lowest BCUT2D eigenvalue weighted by Crippen LogP contribution is -2.34. The topological polar surface area (TPSA) is 126 Å². The third-order valence-corrected chi connectivity index (χ3v) is 3.28. The van der Waals surface area contributed by atoms with E-state index in [1.54, 1.807) is 12.1 Å². The van der Waals surface area contributed by atoms with Gasteiger partial charge in [0.1, 0.15) is 12.4 Å². The molecule has 5 N–H and O–H groups in total. The third kappa shape index (κ3) is 4.57. The summed E-state index contributed by atoms with van der Waals surface area (Å²) in [6.07, 6.45) is -0.832. The first kappa shape index (κ1) is 17.0. The Hall–Kier alpha value is -3.35. The highest BCUT2D eigenvalue weighted by molar-refractivity contribution is 5.95. The normalized spacial score (nSPS) is 11.3. The molecule has 24 heavy (non-hydrogen) atoms. The molecule has 0 radical (unpaired) electrons. The number of amides is 1. The molecule has 0 saturated heterocycles. The number of carboxylic acid groups (broad SMARTS) is 1. The smallest absolute Gasteiger partial charge is 0.408 e. The van der Waals surface area contributed by atoms with Gasteiger partial charge in [0.15, 0.2) is 6.04 Å². The monoisotopic (exact) mass is 327 g/mol. The number of alkyl carbamates (subject to hydrolysis) is 1. The summed E-state index contributed by atoms with van der Waals surface area (Å²) in [5.41, 5.74) is 6.97. The molecular formula is C17H17N3O4. The van der Waals surface area contributed by atoms with E-state index >= 15 is 0 Å². The summed E-state index contributed by atoms with van der Waals surface area (Å²) in [7, 11) is 0. The van der Waals surface area contributed by atoms with E-state index in [-0.39, 0.29) is 12.4 Å². The van der Waals surface area contributed by atoms with E-state index in [1.165, 1.54) is 24.3 Å². The zero-order valence-corrected chi connectivity index (χ0v) is 12.7. The molecular weight excluding hydrogens is 310 g/mol. The number of rotatable bonds is 6. The molecule has 0 aliphatic rings. The summed E-state index contributed by atoms with van der Waals surface area (Å²) in [4.78, 5) is 23.2. The predicted octanol–water partition coefficient (Wildman–Crippen LogP) is 2.02. The number of hydrogen-bond acceptors (Lipinski definition) is 4. The molecule has 0 fully saturated rings. The van der Waals surface area contributed by atoms with Crippen LogP contribution in [0.1, 0.15) is 22.7 Å². The van der Waals surface area contributed by atoms with Crippen LogP contribution in [0, 0.1) is 5.41 Å². The van der Waals surface area contributed by atoms with Crippen LogP contribution in [-0.4, -0.2) is 23.0 Å². The number of carboxylic acids is 1. The van der Waals surface area contributed by atoms with Crippen LogP contribution in [-0.2, 0) is 16.1 Å². The highest BCUT2D eigenvalue weighted by atomic mass is 16.5. The highest BCUT2D eigenvalue weighted by Gasteiger charge is 2.22. The van der Waals surface area contributed by atoms with Crippen LogP contribution < -0.4 is 11.1 Å². The fourth-order valence-corrected chi connectivity index (χ4v) is 2.03. The Labute approximate surface area is 138 Å². The van der Waals surface area contributed by atoms with Crippen molar-refractivity contribution >= 4 is 17.9 Å². The molecule has 1 amide bonds. The Morgan fingerprint density at radius 2 is 1.75 bits per heavy atom. The second-order valence-electron chi connectivity index (χ2n) is 5.01. The lowest BCUT2D eigenvalue weighted by molar-refractivity contribution is -0.139. The minimum Gasteiger partial charge on any atom is -0.479 e. The molecule has 0 heterocycles. The van der Waals surface area contributed by atoms with Crippen molar-refractivity contribution in [3.05, 3.63) is 71.3 Å². The molecule has 0 aromatic heterocycles. The van der Waals surface area contributed by atoms with E-state index in [2.05, 4.69) is 5.32 Å². The molecule has 0 aliphatic heterocycles. The van der Waals surface area contributed by atoms with Crippen LogP contribution in [0.15, 0.2) is 54.6 Å². The average molecular weight is 327 g/mol. The van der Waals surface area contributed by atoms with Crippen molar-refractivity contribution in [2.24, 2.45) is 5.73 Å². The van der Waals surface area contributed by atoms with Crippen LogP contribution in [0.2, 0.25) is 0 Å². The molecule has 0 spiro atoms. The molecule has 7 nitrogen and oxygen atoms in total. The summed E-state index contributed by atoms with van der Waals surface area (Å²) in [5.74, 6) is -1.34. The second kappa shape index (κ2) is 7.77. The fraction of sp³-hybridized carbons (Fsp3) is 0.118. The zero-order valence-electron chi connectivity index (χ0n) is 12.7. The molecule has 2 aromatic rings. The van der Waals surface area contributed by atoms with Gasteiger partial charge in [0.2, 0.25) is 0 Å². The number of carbonyl (C=O) groups excluding carboxylic acids is 1. The van der Waals surface area contributed by atoms with Gasteiger partial charge in [-0.1, -0.05) is 54.6 Å². The number of carbonyl (C=O) groups is 2. The molecule has 0 saturated carbocycles. The van der Waals surface area contributed by atoms with Gasteiger partial charge >= 0.3 is 12.1 Å². The molecule has 2 aromatic carbocycles. The number of benzene rings is 2. The van der Waals surface area contributed by atoms with Gasteiger partial charge in [-0.05, 0) is 11.1 Å². The number of nitrogen functional groups attached to an aromatic ring is 1. The molecule has 2 rings (SSSR count). The van der Waals surface area contributed by atoms with Crippen LogP contribution in [0.5, 0.6) is 0 Å². The minimum absolute atomic E-state index is 0.0439. The van der Waals surface area contributed by atoms with E-state index < -0.39 is 18.1 Å². The Balaban J connectivity index is 2.01. The van der Waals surface area contributed by atoms with Crippen LogP contribution >= 0.6 is 0 Å². The quantitative estimate of drug-likeness (QED) is 0.477. The molecule has 1 unspecified atom stereocenters. The van der Waals surface area contributed by atoms with Crippen molar-refractivity contribution in [2.45, 2.75) is 12.6 Å². The summed E-state index contributed by atoms with van der Waals surface area (Å²) in [6, 6.07) is 13.8. The van der Waals surface area contributed by atoms with Crippen molar-refractivity contribution in [1.29, 1.82) is 5.41 Å². The maximum Gasteiger partial charge on any atom is 0.408 e. The van der Waals surface area contributed by atoms with Gasteiger partial charge in [0.05, 0.1) is 0 Å². The number of hydrogen-bond donors (Lipinski definition) is 4. The first-order valence-electron chi connectivity index (χ1n) is 7.11. The van der Waals surface area contributed by atoms with E-state index in [1.807, 2.05) is 18.2 Å². The second-order valence-corrected chi connectivity index (χ2v) is 5.01. The van der Waals surface area contributed by atoms with E-state index in [0.29, 0.717) is 11.1 Å². The van der Waals surface area contributed by atoms with E-state index in [0.717, 1.165) is 5.56 Å². The Morgan fingerprint density at radius 1 is 1.12 bits per heavy atom. The highest BCUT2D eigenvalue weighted by Crippen LogP contribution is 2.15. The fourth-order valence-electron chi connectivity index (χ4n) is 2.03. The summed E-state index contributed by atoms with van der Waals surface area (Å²) in [5, 5.41) is 18.9. The number of aliphatic carboxylic acids is 1. The van der Waals surface area contributed by atoms with Crippen molar-refractivity contribution in [3.8, 4) is 0 Å². The van der Waals surface area contributed by atoms with Crippen LogP contribution in [0.4, 0.5) is 4.79 Å². The SMILES string of the molecule is N=C(N)c1ccc(C(NC(=O)OCc2ccccc2)C(=O)O)cc1. The maximum atomic E-state index is 11.8. The Kier molecular flexibility index (Phi) is 5.51. The molecule has 0 aliphatic carbocycles. The average Bonchev–Trinajstić information content (AvgIpc) is 2.58. The molecule has 124 valence electrons.